The van der Waals surface area contributed by atoms with Gasteiger partial charge in [-0.3, -0.25) is 0 Å². The van der Waals surface area contributed by atoms with E-state index >= 15 is 0 Å². The Labute approximate surface area is 174 Å². The van der Waals surface area contributed by atoms with Crippen LogP contribution in [0, 0.1) is 0 Å². The number of nitrogen functional groups attached to an aromatic ring is 2. The highest BCUT2D eigenvalue weighted by Crippen LogP contribution is 2.32. The summed E-state index contributed by atoms with van der Waals surface area (Å²) in [5.74, 6) is 3.04. The third kappa shape index (κ3) is 5.24. The zero-order chi connectivity index (χ0) is 20.1. The molecule has 4 nitrogen and oxygen atoms in total. The quantitative estimate of drug-likeness (QED) is 0.357. The van der Waals surface area contributed by atoms with Gasteiger partial charge in [-0.25, -0.2) is 0 Å². The van der Waals surface area contributed by atoms with Crippen molar-refractivity contribution in [3.05, 3.63) is 97.1 Å². The number of ether oxygens (including phenoxy) is 2. The van der Waals surface area contributed by atoms with Crippen LogP contribution in [-0.2, 0) is 0 Å². The van der Waals surface area contributed by atoms with Crippen LogP contribution in [0.15, 0.2) is 107 Å². The van der Waals surface area contributed by atoms with Crippen molar-refractivity contribution in [3.8, 4) is 23.0 Å². The van der Waals surface area contributed by atoms with Crippen molar-refractivity contribution < 1.29 is 9.47 Å². The number of anilines is 2. The standard InChI is InChI=1S/C24H20N2O2S/c25-17-4-6-19(7-5-17)27-20-8-12-23(13-9-20)29-24-14-10-21(11-15-24)28-22-3-1-2-18(26)16-22/h1-16H,25-26H2. The van der Waals surface area contributed by atoms with E-state index in [-0.39, 0.29) is 0 Å². The van der Waals surface area contributed by atoms with E-state index in [1.54, 1.807) is 17.8 Å². The summed E-state index contributed by atoms with van der Waals surface area (Å²) in [7, 11) is 0. The molecule has 0 aliphatic rings. The van der Waals surface area contributed by atoms with Gasteiger partial charge in [0.05, 0.1) is 0 Å². The fourth-order valence-corrected chi connectivity index (χ4v) is 3.49. The normalized spacial score (nSPS) is 10.5. The van der Waals surface area contributed by atoms with Gasteiger partial charge in [-0.05, 0) is 84.9 Å². The lowest BCUT2D eigenvalue weighted by Crippen LogP contribution is -1.87. The van der Waals surface area contributed by atoms with Gasteiger partial charge in [-0.1, -0.05) is 17.8 Å². The van der Waals surface area contributed by atoms with Crippen molar-refractivity contribution in [3.63, 3.8) is 0 Å². The summed E-state index contributed by atoms with van der Waals surface area (Å²) in [5, 5.41) is 0. The van der Waals surface area contributed by atoms with Gasteiger partial charge in [-0.15, -0.1) is 0 Å². The second-order valence-corrected chi connectivity index (χ2v) is 7.54. The monoisotopic (exact) mass is 400 g/mol. The number of benzene rings is 4. The summed E-state index contributed by atoms with van der Waals surface area (Å²) < 4.78 is 11.7. The molecule has 4 rings (SSSR count). The number of hydrogen-bond donors (Lipinski definition) is 2. The molecule has 0 saturated carbocycles. The van der Waals surface area contributed by atoms with Crippen LogP contribution < -0.4 is 20.9 Å². The van der Waals surface area contributed by atoms with Gasteiger partial charge >= 0.3 is 0 Å². The molecule has 0 fully saturated rings. The van der Waals surface area contributed by atoms with Crippen LogP contribution in [0.2, 0.25) is 0 Å². The van der Waals surface area contributed by atoms with Crippen molar-refractivity contribution in [2.24, 2.45) is 0 Å². The van der Waals surface area contributed by atoms with E-state index in [1.165, 1.54) is 0 Å². The molecule has 4 N–H and O–H groups in total. The zero-order valence-electron chi connectivity index (χ0n) is 15.6. The van der Waals surface area contributed by atoms with Gasteiger partial charge in [0, 0.05) is 27.2 Å². The Bertz CT molecular complexity index is 1080. The van der Waals surface area contributed by atoms with Gasteiger partial charge in [0.25, 0.3) is 0 Å². The van der Waals surface area contributed by atoms with E-state index in [0.717, 1.165) is 32.8 Å². The maximum Gasteiger partial charge on any atom is 0.129 e. The second kappa shape index (κ2) is 8.63. The minimum atomic E-state index is 0.679. The molecule has 5 heteroatoms. The molecule has 0 unspecified atom stereocenters. The summed E-state index contributed by atoms with van der Waals surface area (Å²) in [4.78, 5) is 2.25. The molecule has 0 radical (unpaired) electrons. The maximum absolute atomic E-state index is 5.83. The van der Waals surface area contributed by atoms with Crippen LogP contribution >= 0.6 is 11.8 Å². The van der Waals surface area contributed by atoms with E-state index in [0.29, 0.717) is 11.4 Å². The van der Waals surface area contributed by atoms with Gasteiger partial charge in [0.15, 0.2) is 0 Å². The first-order chi connectivity index (χ1) is 14.1. The van der Waals surface area contributed by atoms with Crippen molar-refractivity contribution in [2.45, 2.75) is 9.79 Å². The van der Waals surface area contributed by atoms with E-state index in [9.17, 15) is 0 Å². The Morgan fingerprint density at radius 1 is 0.483 bits per heavy atom. The Morgan fingerprint density at radius 3 is 1.48 bits per heavy atom. The van der Waals surface area contributed by atoms with Crippen LogP contribution in [0.1, 0.15) is 0 Å². The summed E-state index contributed by atoms with van der Waals surface area (Å²) in [6.45, 7) is 0. The summed E-state index contributed by atoms with van der Waals surface area (Å²) in [6, 6.07) is 30.7. The Hall–Kier alpha value is -3.57. The van der Waals surface area contributed by atoms with E-state index in [4.69, 9.17) is 20.9 Å². The molecule has 4 aromatic carbocycles. The first kappa shape index (κ1) is 18.8. The van der Waals surface area contributed by atoms with Crippen molar-refractivity contribution in [1.29, 1.82) is 0 Å². The molecule has 0 aromatic heterocycles. The molecular weight excluding hydrogens is 380 g/mol. The predicted molar refractivity (Wildman–Crippen MR) is 119 cm³/mol. The molecule has 0 atom stereocenters. The Morgan fingerprint density at radius 2 is 0.966 bits per heavy atom. The molecule has 4 aromatic rings. The topological polar surface area (TPSA) is 70.5 Å². The molecule has 0 heterocycles. The van der Waals surface area contributed by atoms with Gasteiger partial charge < -0.3 is 20.9 Å². The average Bonchev–Trinajstić information content (AvgIpc) is 2.73. The summed E-state index contributed by atoms with van der Waals surface area (Å²) in [5.41, 5.74) is 12.9. The Balaban J connectivity index is 1.37. The number of hydrogen-bond acceptors (Lipinski definition) is 5. The predicted octanol–water partition coefficient (Wildman–Crippen LogP) is 6.59. The number of nitrogens with two attached hydrogens (primary N) is 2. The van der Waals surface area contributed by atoms with E-state index < -0.39 is 0 Å². The zero-order valence-corrected chi connectivity index (χ0v) is 16.4. The molecule has 29 heavy (non-hydrogen) atoms. The fourth-order valence-electron chi connectivity index (χ4n) is 2.67. The van der Waals surface area contributed by atoms with Gasteiger partial charge in [-0.2, -0.15) is 0 Å². The second-order valence-electron chi connectivity index (χ2n) is 6.39. The van der Waals surface area contributed by atoms with Gasteiger partial charge in [0.2, 0.25) is 0 Å². The van der Waals surface area contributed by atoms with Crippen LogP contribution in [0.25, 0.3) is 0 Å². The smallest absolute Gasteiger partial charge is 0.129 e. The van der Waals surface area contributed by atoms with E-state index in [2.05, 4.69) is 0 Å². The highest BCUT2D eigenvalue weighted by Gasteiger charge is 2.02. The molecule has 0 bridgehead atoms. The third-order valence-corrected chi connectivity index (χ3v) is 5.11. The van der Waals surface area contributed by atoms with Crippen LogP contribution in [-0.4, -0.2) is 0 Å². The highest BCUT2D eigenvalue weighted by atomic mass is 32.2. The molecule has 0 aliphatic carbocycles. The largest absolute Gasteiger partial charge is 0.457 e. The molecule has 0 saturated heterocycles. The average molecular weight is 401 g/mol. The minimum Gasteiger partial charge on any atom is -0.457 e. The molecule has 0 amide bonds. The third-order valence-electron chi connectivity index (χ3n) is 4.09. The first-order valence-corrected chi connectivity index (χ1v) is 9.90. The highest BCUT2D eigenvalue weighted by molar-refractivity contribution is 7.99. The lowest BCUT2D eigenvalue weighted by molar-refractivity contribution is 0.482. The fraction of sp³-hybridized carbons (Fsp3) is 0. The van der Waals surface area contributed by atoms with Crippen molar-refractivity contribution >= 4 is 23.1 Å². The summed E-state index contributed by atoms with van der Waals surface area (Å²) >= 11 is 1.67. The number of rotatable bonds is 6. The van der Waals surface area contributed by atoms with Gasteiger partial charge in [0.1, 0.15) is 23.0 Å². The van der Waals surface area contributed by atoms with Crippen LogP contribution in [0.4, 0.5) is 11.4 Å². The van der Waals surface area contributed by atoms with Crippen LogP contribution in [0.3, 0.4) is 0 Å². The molecular formula is C24H20N2O2S. The van der Waals surface area contributed by atoms with Crippen molar-refractivity contribution in [1.82, 2.24) is 0 Å². The molecule has 144 valence electrons. The van der Waals surface area contributed by atoms with Crippen LogP contribution in [0.5, 0.6) is 23.0 Å². The SMILES string of the molecule is Nc1ccc(Oc2ccc(Sc3ccc(Oc4cccc(N)c4)cc3)cc2)cc1. The van der Waals surface area contributed by atoms with Crippen molar-refractivity contribution in [2.75, 3.05) is 11.5 Å². The Kier molecular flexibility index (Phi) is 5.59. The van der Waals surface area contributed by atoms with E-state index in [1.807, 2.05) is 91.0 Å². The summed E-state index contributed by atoms with van der Waals surface area (Å²) in [6.07, 6.45) is 0. The lowest BCUT2D eigenvalue weighted by atomic mass is 10.3. The lowest BCUT2D eigenvalue weighted by Gasteiger charge is -2.08. The first-order valence-electron chi connectivity index (χ1n) is 9.09. The molecule has 0 aliphatic heterocycles. The molecule has 0 spiro atoms. The maximum atomic E-state index is 5.83. The minimum absolute atomic E-state index is 0.679.